The summed E-state index contributed by atoms with van der Waals surface area (Å²) in [5.41, 5.74) is 1.71. The van der Waals surface area contributed by atoms with E-state index in [1.165, 1.54) is 0 Å². The van der Waals surface area contributed by atoms with E-state index >= 15 is 0 Å². The van der Waals surface area contributed by atoms with Gasteiger partial charge < -0.3 is 14.8 Å². The summed E-state index contributed by atoms with van der Waals surface area (Å²) in [5.74, 6) is -0.410. The van der Waals surface area contributed by atoms with Crippen molar-refractivity contribution in [1.29, 1.82) is 0 Å². The first-order valence-corrected chi connectivity index (χ1v) is 8.70. The number of amides is 1. The number of esters is 1. The van der Waals surface area contributed by atoms with E-state index in [-0.39, 0.29) is 6.61 Å². The van der Waals surface area contributed by atoms with E-state index in [1.807, 2.05) is 67.6 Å². The van der Waals surface area contributed by atoms with Gasteiger partial charge in [0.25, 0.3) is 5.91 Å². The topological polar surface area (TPSA) is 64.6 Å². The number of benzene rings is 3. The maximum atomic E-state index is 12.2. The summed E-state index contributed by atoms with van der Waals surface area (Å²) < 4.78 is 10.6. The Labute approximate surface area is 157 Å². The van der Waals surface area contributed by atoms with Crippen LogP contribution in [0.3, 0.4) is 0 Å². The zero-order valence-corrected chi connectivity index (χ0v) is 15.3. The highest BCUT2D eigenvalue weighted by Gasteiger charge is 2.18. The average molecular weight is 363 g/mol. The first kappa shape index (κ1) is 18.5. The summed E-state index contributed by atoms with van der Waals surface area (Å²) in [6.07, 6.45) is -0.808. The van der Waals surface area contributed by atoms with Crippen molar-refractivity contribution >= 4 is 28.3 Å². The van der Waals surface area contributed by atoms with Crippen LogP contribution >= 0.6 is 0 Å². The lowest BCUT2D eigenvalue weighted by Gasteiger charge is -2.14. The van der Waals surface area contributed by atoms with Gasteiger partial charge in [-0.2, -0.15) is 0 Å². The number of carbonyl (C=O) groups is 2. The molecule has 0 saturated carbocycles. The molecule has 0 aliphatic heterocycles. The minimum Gasteiger partial charge on any atom is -0.479 e. The van der Waals surface area contributed by atoms with Crippen molar-refractivity contribution < 1.29 is 19.1 Å². The second-order valence-corrected chi connectivity index (χ2v) is 6.26. The number of rotatable bonds is 6. The van der Waals surface area contributed by atoms with E-state index in [0.717, 1.165) is 16.3 Å². The molecular formula is C22H21NO4. The minimum atomic E-state index is -0.808. The number of aryl methyl sites for hydroxylation is 1. The molecule has 0 radical (unpaired) electrons. The second-order valence-electron chi connectivity index (χ2n) is 6.26. The Kier molecular flexibility index (Phi) is 5.71. The molecule has 5 nitrogen and oxygen atoms in total. The molecule has 0 aliphatic rings. The van der Waals surface area contributed by atoms with E-state index < -0.39 is 18.0 Å². The quantitative estimate of drug-likeness (QED) is 0.670. The molecule has 3 aromatic rings. The lowest BCUT2D eigenvalue weighted by molar-refractivity contribution is -0.153. The molecular weight excluding hydrogens is 342 g/mol. The van der Waals surface area contributed by atoms with Gasteiger partial charge in [0, 0.05) is 11.1 Å². The highest BCUT2D eigenvalue weighted by molar-refractivity contribution is 6.02. The Balaban J connectivity index is 1.54. The maximum Gasteiger partial charge on any atom is 0.347 e. The highest BCUT2D eigenvalue weighted by Crippen LogP contribution is 2.22. The first-order valence-electron chi connectivity index (χ1n) is 8.70. The Bertz CT molecular complexity index is 962. The zero-order valence-electron chi connectivity index (χ0n) is 15.3. The Morgan fingerprint density at radius 3 is 2.56 bits per heavy atom. The van der Waals surface area contributed by atoms with Crippen molar-refractivity contribution in [2.75, 3.05) is 11.9 Å². The summed E-state index contributed by atoms with van der Waals surface area (Å²) in [4.78, 5) is 24.2. The molecule has 1 atom stereocenters. The number of nitrogens with one attached hydrogen (secondary N) is 1. The van der Waals surface area contributed by atoms with Gasteiger partial charge >= 0.3 is 5.97 Å². The number of hydrogen-bond donors (Lipinski definition) is 1. The van der Waals surface area contributed by atoms with Crippen LogP contribution in [-0.4, -0.2) is 24.6 Å². The predicted octanol–water partition coefficient (Wildman–Crippen LogP) is 4.10. The summed E-state index contributed by atoms with van der Waals surface area (Å²) in [6, 6.07) is 20.8. The smallest absolute Gasteiger partial charge is 0.347 e. The zero-order chi connectivity index (χ0) is 19.2. The standard InChI is InChI=1S/C22H21NO4/c1-15-7-5-10-18(13-15)27-16(2)22(25)26-14-21(24)23-20-12-6-9-17-8-3-4-11-19(17)20/h3-13,16H,14H2,1-2H3,(H,23,24)/t16-/m0/s1. The number of anilines is 1. The fraction of sp³-hybridized carbons (Fsp3) is 0.182. The molecule has 0 saturated heterocycles. The van der Waals surface area contributed by atoms with Crippen molar-refractivity contribution in [3.63, 3.8) is 0 Å². The molecule has 3 rings (SSSR count). The van der Waals surface area contributed by atoms with Gasteiger partial charge in [0.15, 0.2) is 12.7 Å². The minimum absolute atomic E-state index is 0.371. The van der Waals surface area contributed by atoms with Crippen LogP contribution in [0.25, 0.3) is 10.8 Å². The van der Waals surface area contributed by atoms with Gasteiger partial charge in [-0.3, -0.25) is 4.79 Å². The largest absolute Gasteiger partial charge is 0.479 e. The molecule has 3 aromatic carbocycles. The molecule has 0 bridgehead atoms. The van der Waals surface area contributed by atoms with Crippen LogP contribution in [0.1, 0.15) is 12.5 Å². The van der Waals surface area contributed by atoms with E-state index in [4.69, 9.17) is 9.47 Å². The molecule has 27 heavy (non-hydrogen) atoms. The van der Waals surface area contributed by atoms with Crippen LogP contribution in [0, 0.1) is 6.92 Å². The summed E-state index contributed by atoms with van der Waals surface area (Å²) in [6.45, 7) is 3.16. The van der Waals surface area contributed by atoms with Crippen molar-refractivity contribution in [2.45, 2.75) is 20.0 Å². The van der Waals surface area contributed by atoms with E-state index in [0.29, 0.717) is 11.4 Å². The molecule has 0 heterocycles. The number of ether oxygens (including phenoxy) is 2. The summed E-state index contributed by atoms with van der Waals surface area (Å²) >= 11 is 0. The fourth-order valence-electron chi connectivity index (χ4n) is 2.72. The van der Waals surface area contributed by atoms with E-state index in [9.17, 15) is 9.59 Å². The second kappa shape index (κ2) is 8.36. The third kappa shape index (κ3) is 4.85. The van der Waals surface area contributed by atoms with Crippen LogP contribution in [0.2, 0.25) is 0 Å². The number of hydrogen-bond acceptors (Lipinski definition) is 4. The molecule has 0 aromatic heterocycles. The maximum absolute atomic E-state index is 12.2. The Morgan fingerprint density at radius 1 is 1.00 bits per heavy atom. The van der Waals surface area contributed by atoms with Crippen LogP contribution < -0.4 is 10.1 Å². The first-order chi connectivity index (χ1) is 13.0. The predicted molar refractivity (Wildman–Crippen MR) is 105 cm³/mol. The monoisotopic (exact) mass is 363 g/mol. The van der Waals surface area contributed by atoms with Crippen molar-refractivity contribution in [3.8, 4) is 5.75 Å². The molecule has 5 heteroatoms. The summed E-state index contributed by atoms with van der Waals surface area (Å²) in [5, 5.41) is 4.73. The van der Waals surface area contributed by atoms with Crippen LogP contribution in [-0.2, 0) is 14.3 Å². The third-order valence-electron chi connectivity index (χ3n) is 4.04. The van der Waals surface area contributed by atoms with Crippen LogP contribution in [0.4, 0.5) is 5.69 Å². The molecule has 1 amide bonds. The van der Waals surface area contributed by atoms with Gasteiger partial charge in [0.05, 0.1) is 0 Å². The van der Waals surface area contributed by atoms with Crippen molar-refractivity contribution in [1.82, 2.24) is 0 Å². The van der Waals surface area contributed by atoms with Crippen LogP contribution in [0.15, 0.2) is 66.7 Å². The van der Waals surface area contributed by atoms with Gasteiger partial charge in [-0.1, -0.05) is 48.5 Å². The number of carbonyl (C=O) groups excluding carboxylic acids is 2. The van der Waals surface area contributed by atoms with Gasteiger partial charge in [-0.25, -0.2) is 4.79 Å². The summed E-state index contributed by atoms with van der Waals surface area (Å²) in [7, 11) is 0. The molecule has 0 fully saturated rings. The van der Waals surface area contributed by atoms with E-state index in [2.05, 4.69) is 5.32 Å². The molecule has 0 spiro atoms. The molecule has 0 unspecified atom stereocenters. The normalized spacial score (nSPS) is 11.6. The lowest BCUT2D eigenvalue weighted by Crippen LogP contribution is -2.29. The third-order valence-corrected chi connectivity index (χ3v) is 4.04. The Hall–Kier alpha value is -3.34. The molecule has 0 aliphatic carbocycles. The van der Waals surface area contributed by atoms with E-state index in [1.54, 1.807) is 13.0 Å². The average Bonchev–Trinajstić information content (AvgIpc) is 2.66. The van der Waals surface area contributed by atoms with Gasteiger partial charge in [0.1, 0.15) is 5.75 Å². The van der Waals surface area contributed by atoms with Gasteiger partial charge in [-0.15, -0.1) is 0 Å². The molecule has 138 valence electrons. The van der Waals surface area contributed by atoms with Gasteiger partial charge in [-0.05, 0) is 43.0 Å². The van der Waals surface area contributed by atoms with Gasteiger partial charge in [0.2, 0.25) is 0 Å². The lowest BCUT2D eigenvalue weighted by atomic mass is 10.1. The highest BCUT2D eigenvalue weighted by atomic mass is 16.6. The molecule has 1 N–H and O–H groups in total. The SMILES string of the molecule is Cc1cccc(O[C@@H](C)C(=O)OCC(=O)Nc2cccc3ccccc23)c1. The van der Waals surface area contributed by atoms with Crippen molar-refractivity contribution in [2.24, 2.45) is 0 Å². The fourth-order valence-corrected chi connectivity index (χ4v) is 2.72. The van der Waals surface area contributed by atoms with Crippen molar-refractivity contribution in [3.05, 3.63) is 72.3 Å². The number of fused-ring (bicyclic) bond motifs is 1. The Morgan fingerprint density at radius 2 is 1.74 bits per heavy atom. The van der Waals surface area contributed by atoms with Crippen LogP contribution in [0.5, 0.6) is 5.75 Å².